The second-order valence-corrected chi connectivity index (χ2v) is 6.36. The smallest absolute Gasteiger partial charge is 0.0120 e. The first-order chi connectivity index (χ1) is 8.20. The third-order valence-corrected chi connectivity index (χ3v) is 4.97. The Bertz CT molecular complexity index is 229. The van der Waals surface area contributed by atoms with Crippen LogP contribution < -0.4 is 5.32 Å². The second kappa shape index (κ2) is 6.19. The normalized spacial score (nSPS) is 40.4. The van der Waals surface area contributed by atoms with Crippen LogP contribution in [0.3, 0.4) is 0 Å². The van der Waals surface area contributed by atoms with Crippen molar-refractivity contribution >= 4 is 0 Å². The molecule has 0 aromatic heterocycles. The average molecular weight is 238 g/mol. The van der Waals surface area contributed by atoms with E-state index in [1.54, 1.807) is 0 Å². The Kier molecular flexibility index (Phi) is 4.87. The molecule has 0 bridgehead atoms. The van der Waals surface area contributed by atoms with Crippen molar-refractivity contribution in [1.29, 1.82) is 0 Å². The lowest BCUT2D eigenvalue weighted by molar-refractivity contribution is 0.141. The minimum Gasteiger partial charge on any atom is -0.311 e. The minimum atomic E-state index is 0.767. The molecule has 1 saturated heterocycles. The van der Waals surface area contributed by atoms with Gasteiger partial charge in [-0.2, -0.15) is 0 Å². The van der Waals surface area contributed by atoms with Crippen LogP contribution in [0.25, 0.3) is 0 Å². The molecule has 0 amide bonds. The van der Waals surface area contributed by atoms with E-state index >= 15 is 0 Å². The maximum absolute atomic E-state index is 4.00. The number of nitrogens with one attached hydrogen (secondary N) is 1. The van der Waals surface area contributed by atoms with E-state index < -0.39 is 0 Å². The van der Waals surface area contributed by atoms with Crippen molar-refractivity contribution in [2.75, 3.05) is 20.1 Å². The third-order valence-electron chi connectivity index (χ3n) is 4.97. The van der Waals surface area contributed by atoms with Gasteiger partial charge in [0.1, 0.15) is 0 Å². The summed E-state index contributed by atoms with van der Waals surface area (Å²) in [5.74, 6) is 1.75. The Morgan fingerprint density at radius 3 is 2.59 bits per heavy atom. The van der Waals surface area contributed by atoms with Crippen LogP contribution in [0.1, 0.15) is 52.4 Å². The third kappa shape index (κ3) is 3.45. The van der Waals surface area contributed by atoms with Gasteiger partial charge in [0.15, 0.2) is 0 Å². The zero-order valence-corrected chi connectivity index (χ0v) is 11.9. The van der Waals surface area contributed by atoms with Gasteiger partial charge in [0.25, 0.3) is 0 Å². The molecule has 2 aliphatic rings. The summed E-state index contributed by atoms with van der Waals surface area (Å²) in [4.78, 5) is 2.47. The minimum absolute atomic E-state index is 0.767. The number of rotatable bonds is 3. The molecule has 1 aliphatic carbocycles. The summed E-state index contributed by atoms with van der Waals surface area (Å²) in [5.41, 5.74) is 0. The average Bonchev–Trinajstić information content (AvgIpc) is 2.33. The molecule has 2 rings (SSSR count). The van der Waals surface area contributed by atoms with Gasteiger partial charge in [0.05, 0.1) is 0 Å². The fraction of sp³-hybridized carbons (Fsp3) is 1.00. The molecule has 0 aromatic carbocycles. The standard InChI is InChI=1S/C15H30N2/c1-4-13-7-5-6-8-15(13)16-14-9-10-17(3)11-12(14)2/h12-16H,4-11H2,1-3H3. The highest BCUT2D eigenvalue weighted by Gasteiger charge is 2.30. The molecule has 17 heavy (non-hydrogen) atoms. The van der Waals surface area contributed by atoms with E-state index in [0.29, 0.717) is 0 Å². The van der Waals surface area contributed by atoms with Gasteiger partial charge in [0.2, 0.25) is 0 Å². The van der Waals surface area contributed by atoms with Crippen LogP contribution in [0, 0.1) is 11.8 Å². The lowest BCUT2D eigenvalue weighted by Gasteiger charge is -2.41. The van der Waals surface area contributed by atoms with Crippen molar-refractivity contribution in [2.45, 2.75) is 64.5 Å². The molecule has 4 atom stereocenters. The van der Waals surface area contributed by atoms with Crippen LogP contribution in [0.15, 0.2) is 0 Å². The molecule has 1 aliphatic heterocycles. The SMILES string of the molecule is CCC1CCCCC1NC1CCN(C)CC1C. The topological polar surface area (TPSA) is 15.3 Å². The highest BCUT2D eigenvalue weighted by molar-refractivity contribution is 4.88. The van der Waals surface area contributed by atoms with E-state index in [2.05, 4.69) is 31.1 Å². The summed E-state index contributed by atoms with van der Waals surface area (Å²) in [6.07, 6.45) is 8.46. The lowest BCUT2D eigenvalue weighted by Crippen LogP contribution is -2.52. The number of hydrogen-bond acceptors (Lipinski definition) is 2. The molecule has 0 aromatic rings. The fourth-order valence-corrected chi connectivity index (χ4v) is 3.79. The maximum Gasteiger partial charge on any atom is 0.0120 e. The zero-order valence-electron chi connectivity index (χ0n) is 11.9. The number of piperidine rings is 1. The van der Waals surface area contributed by atoms with E-state index in [1.165, 1.54) is 51.6 Å². The van der Waals surface area contributed by atoms with Crippen molar-refractivity contribution in [3.8, 4) is 0 Å². The molecule has 1 heterocycles. The second-order valence-electron chi connectivity index (χ2n) is 6.36. The molecule has 1 saturated carbocycles. The molecule has 1 N–H and O–H groups in total. The predicted molar refractivity (Wildman–Crippen MR) is 74.2 cm³/mol. The quantitative estimate of drug-likeness (QED) is 0.813. The van der Waals surface area contributed by atoms with E-state index in [1.807, 2.05) is 0 Å². The highest BCUT2D eigenvalue weighted by Crippen LogP contribution is 2.28. The van der Waals surface area contributed by atoms with Crippen LogP contribution in [-0.4, -0.2) is 37.1 Å². The van der Waals surface area contributed by atoms with Gasteiger partial charge in [-0.3, -0.25) is 0 Å². The Balaban J connectivity index is 1.86. The van der Waals surface area contributed by atoms with Gasteiger partial charge in [0, 0.05) is 18.6 Å². The van der Waals surface area contributed by atoms with Crippen LogP contribution in [0.2, 0.25) is 0 Å². The van der Waals surface area contributed by atoms with E-state index in [0.717, 1.165) is 23.9 Å². The van der Waals surface area contributed by atoms with Crippen LogP contribution in [-0.2, 0) is 0 Å². The first-order valence-corrected chi connectivity index (χ1v) is 7.65. The van der Waals surface area contributed by atoms with Gasteiger partial charge < -0.3 is 10.2 Å². The van der Waals surface area contributed by atoms with E-state index in [4.69, 9.17) is 0 Å². The molecule has 0 spiro atoms. The first-order valence-electron chi connectivity index (χ1n) is 7.65. The van der Waals surface area contributed by atoms with Gasteiger partial charge in [-0.25, -0.2) is 0 Å². The van der Waals surface area contributed by atoms with Crippen molar-refractivity contribution in [1.82, 2.24) is 10.2 Å². The van der Waals surface area contributed by atoms with Crippen molar-refractivity contribution < 1.29 is 0 Å². The molecule has 100 valence electrons. The fourth-order valence-electron chi connectivity index (χ4n) is 3.79. The van der Waals surface area contributed by atoms with Crippen LogP contribution in [0.5, 0.6) is 0 Å². The summed E-state index contributed by atoms with van der Waals surface area (Å²) in [6.45, 7) is 7.31. The molecule has 2 heteroatoms. The Labute approximate surface area is 107 Å². The van der Waals surface area contributed by atoms with Crippen LogP contribution in [0.4, 0.5) is 0 Å². The van der Waals surface area contributed by atoms with Crippen molar-refractivity contribution in [3.05, 3.63) is 0 Å². The molecule has 2 nitrogen and oxygen atoms in total. The summed E-state index contributed by atoms with van der Waals surface area (Å²) in [5, 5.41) is 4.00. The van der Waals surface area contributed by atoms with Crippen molar-refractivity contribution in [2.24, 2.45) is 11.8 Å². The first kappa shape index (κ1) is 13.4. The highest BCUT2D eigenvalue weighted by atomic mass is 15.1. The van der Waals surface area contributed by atoms with E-state index in [9.17, 15) is 0 Å². The Morgan fingerprint density at radius 2 is 1.88 bits per heavy atom. The number of likely N-dealkylation sites (tertiary alicyclic amines) is 1. The summed E-state index contributed by atoms with van der Waals surface area (Å²) >= 11 is 0. The van der Waals surface area contributed by atoms with Gasteiger partial charge in [-0.1, -0.05) is 33.1 Å². The summed E-state index contributed by atoms with van der Waals surface area (Å²) < 4.78 is 0. The molecule has 2 fully saturated rings. The largest absolute Gasteiger partial charge is 0.311 e. The zero-order chi connectivity index (χ0) is 12.3. The molecule has 4 unspecified atom stereocenters. The van der Waals surface area contributed by atoms with Gasteiger partial charge in [-0.15, -0.1) is 0 Å². The van der Waals surface area contributed by atoms with E-state index in [-0.39, 0.29) is 0 Å². The Morgan fingerprint density at radius 1 is 1.12 bits per heavy atom. The molecular formula is C15H30N2. The van der Waals surface area contributed by atoms with Crippen molar-refractivity contribution in [3.63, 3.8) is 0 Å². The molecule has 0 radical (unpaired) electrons. The van der Waals surface area contributed by atoms with Gasteiger partial charge >= 0.3 is 0 Å². The number of hydrogen-bond donors (Lipinski definition) is 1. The Hall–Kier alpha value is -0.0800. The molecular weight excluding hydrogens is 208 g/mol. The van der Waals surface area contributed by atoms with Crippen LogP contribution >= 0.6 is 0 Å². The predicted octanol–water partition coefficient (Wildman–Crippen LogP) is 2.89. The summed E-state index contributed by atoms with van der Waals surface area (Å²) in [7, 11) is 2.25. The van der Waals surface area contributed by atoms with Gasteiger partial charge in [-0.05, 0) is 44.7 Å². The summed E-state index contributed by atoms with van der Waals surface area (Å²) in [6, 6.07) is 1.58. The lowest BCUT2D eigenvalue weighted by atomic mass is 9.81. The number of nitrogens with zero attached hydrogens (tertiary/aromatic N) is 1. The monoisotopic (exact) mass is 238 g/mol. The maximum atomic E-state index is 4.00.